The molecule has 0 aliphatic heterocycles. The molecule has 0 radical (unpaired) electrons. The molecule has 2 heteroatoms. The molecule has 1 aromatic heterocycles. The Morgan fingerprint density at radius 2 is 1.13 bits per heavy atom. The summed E-state index contributed by atoms with van der Waals surface area (Å²) in [6, 6.07) is 60.0. The molecule has 1 aliphatic carbocycles. The molecule has 1 nitrogen and oxygen atoms in total. The zero-order valence-corrected chi connectivity index (χ0v) is 27.3. The highest BCUT2D eigenvalue weighted by Gasteiger charge is 2.37. The number of nitrogens with zero attached hydrogens (tertiary/aromatic N) is 1. The summed E-state index contributed by atoms with van der Waals surface area (Å²) >= 11 is 1.88. The van der Waals surface area contributed by atoms with Crippen LogP contribution in [0.3, 0.4) is 0 Å². The molecule has 0 atom stereocenters. The molecule has 1 heterocycles. The average molecular weight is 620 g/mol. The van der Waals surface area contributed by atoms with Crippen molar-refractivity contribution in [1.82, 2.24) is 0 Å². The fraction of sp³-hybridized carbons (Fsp3) is 0.0667. The quantitative estimate of drug-likeness (QED) is 0.185. The Kier molecular flexibility index (Phi) is 6.41. The fourth-order valence-electron chi connectivity index (χ4n) is 7.57. The number of hydrogen-bond acceptors (Lipinski definition) is 2. The van der Waals surface area contributed by atoms with Crippen molar-refractivity contribution in [1.29, 1.82) is 0 Å². The van der Waals surface area contributed by atoms with Crippen LogP contribution in [0.15, 0.2) is 164 Å². The molecule has 0 N–H and O–H groups in total. The Balaban J connectivity index is 1.23. The standard InChI is InChI=1S/C45H33NS/c1-45(2)39-21-8-6-18-38(39)43-40(45)22-12-23-41(43)46(34-16-10-15-32(29-34)30-13-4-3-5-14-30)33-27-25-31(26-28-33)35-19-11-20-37-36-17-7-9-24-42(36)47-44(35)37/h3-29H,1-2H3. The molecule has 9 rings (SSSR count). The van der Waals surface area contributed by atoms with Crippen LogP contribution in [-0.2, 0) is 5.41 Å². The van der Waals surface area contributed by atoms with E-state index in [2.05, 4.69) is 183 Å². The van der Waals surface area contributed by atoms with Crippen LogP contribution in [0, 0.1) is 0 Å². The molecule has 0 bridgehead atoms. The predicted octanol–water partition coefficient (Wildman–Crippen LogP) is 13.2. The Labute approximate surface area is 280 Å². The summed E-state index contributed by atoms with van der Waals surface area (Å²) in [7, 11) is 0. The van der Waals surface area contributed by atoms with Crippen molar-refractivity contribution in [2.75, 3.05) is 4.90 Å². The minimum absolute atomic E-state index is 0.0771. The molecule has 8 aromatic rings. The highest BCUT2D eigenvalue weighted by molar-refractivity contribution is 7.26. The van der Waals surface area contributed by atoms with Crippen molar-refractivity contribution in [2.45, 2.75) is 19.3 Å². The monoisotopic (exact) mass is 619 g/mol. The van der Waals surface area contributed by atoms with Gasteiger partial charge in [0, 0.05) is 42.5 Å². The summed E-state index contributed by atoms with van der Waals surface area (Å²) < 4.78 is 2.67. The number of hydrogen-bond donors (Lipinski definition) is 0. The summed E-state index contributed by atoms with van der Waals surface area (Å²) in [5.74, 6) is 0. The second-order valence-corrected chi connectivity index (χ2v) is 14.0. The van der Waals surface area contributed by atoms with E-state index in [1.165, 1.54) is 70.4 Å². The van der Waals surface area contributed by atoms with Crippen LogP contribution in [0.2, 0.25) is 0 Å². The molecule has 0 unspecified atom stereocenters. The minimum atomic E-state index is -0.0771. The lowest BCUT2D eigenvalue weighted by Crippen LogP contribution is -2.16. The van der Waals surface area contributed by atoms with Gasteiger partial charge in [0.05, 0.1) is 5.69 Å². The molecular formula is C45H33NS. The van der Waals surface area contributed by atoms with Gasteiger partial charge < -0.3 is 4.90 Å². The lowest BCUT2D eigenvalue weighted by molar-refractivity contribution is 0.660. The maximum Gasteiger partial charge on any atom is 0.0543 e. The van der Waals surface area contributed by atoms with Gasteiger partial charge in [-0.25, -0.2) is 0 Å². The van der Waals surface area contributed by atoms with Gasteiger partial charge in [-0.3, -0.25) is 0 Å². The largest absolute Gasteiger partial charge is 0.310 e. The van der Waals surface area contributed by atoms with Crippen LogP contribution in [0.5, 0.6) is 0 Å². The number of anilines is 3. The normalized spacial score (nSPS) is 13.1. The summed E-state index contributed by atoms with van der Waals surface area (Å²) in [6.07, 6.45) is 0. The molecule has 7 aromatic carbocycles. The molecule has 0 saturated carbocycles. The molecule has 0 amide bonds. The van der Waals surface area contributed by atoms with Crippen molar-refractivity contribution in [3.05, 3.63) is 175 Å². The summed E-state index contributed by atoms with van der Waals surface area (Å²) in [5.41, 5.74) is 13.7. The van der Waals surface area contributed by atoms with Crippen LogP contribution in [-0.4, -0.2) is 0 Å². The molecule has 0 fully saturated rings. The van der Waals surface area contributed by atoms with E-state index in [1.54, 1.807) is 0 Å². The third-order valence-electron chi connectivity index (χ3n) is 9.88. The maximum atomic E-state index is 2.45. The van der Waals surface area contributed by atoms with Crippen molar-refractivity contribution in [3.63, 3.8) is 0 Å². The Bertz CT molecular complexity index is 2430. The number of rotatable bonds is 5. The van der Waals surface area contributed by atoms with E-state index in [0.29, 0.717) is 0 Å². The van der Waals surface area contributed by atoms with Crippen LogP contribution < -0.4 is 4.90 Å². The van der Waals surface area contributed by atoms with Gasteiger partial charge in [-0.2, -0.15) is 0 Å². The molecule has 224 valence electrons. The summed E-state index contributed by atoms with van der Waals surface area (Å²) in [5, 5.41) is 2.66. The van der Waals surface area contributed by atoms with Crippen molar-refractivity contribution < 1.29 is 0 Å². The fourth-order valence-corrected chi connectivity index (χ4v) is 8.81. The van der Waals surface area contributed by atoms with Gasteiger partial charge in [-0.15, -0.1) is 11.3 Å². The molecule has 47 heavy (non-hydrogen) atoms. The van der Waals surface area contributed by atoms with Gasteiger partial charge in [0.15, 0.2) is 0 Å². The van der Waals surface area contributed by atoms with Crippen molar-refractivity contribution in [3.8, 4) is 33.4 Å². The Hall–Kier alpha value is -5.44. The van der Waals surface area contributed by atoms with Gasteiger partial charge >= 0.3 is 0 Å². The van der Waals surface area contributed by atoms with E-state index in [4.69, 9.17) is 0 Å². The number of thiophene rings is 1. The molecule has 0 saturated heterocycles. The first kappa shape index (κ1) is 27.8. The number of fused-ring (bicyclic) bond motifs is 6. The summed E-state index contributed by atoms with van der Waals surface area (Å²) in [4.78, 5) is 2.45. The van der Waals surface area contributed by atoms with E-state index in [0.717, 1.165) is 11.4 Å². The van der Waals surface area contributed by atoms with Crippen molar-refractivity contribution >= 4 is 48.6 Å². The smallest absolute Gasteiger partial charge is 0.0543 e. The lowest BCUT2D eigenvalue weighted by Gasteiger charge is -2.29. The highest BCUT2D eigenvalue weighted by Crippen LogP contribution is 2.54. The predicted molar refractivity (Wildman–Crippen MR) is 202 cm³/mol. The van der Waals surface area contributed by atoms with E-state index in [-0.39, 0.29) is 5.41 Å². The van der Waals surface area contributed by atoms with Gasteiger partial charge in [-0.05, 0) is 75.3 Å². The maximum absolute atomic E-state index is 2.45. The van der Waals surface area contributed by atoms with Crippen LogP contribution >= 0.6 is 11.3 Å². The second-order valence-electron chi connectivity index (χ2n) is 12.9. The third kappa shape index (κ3) is 4.44. The minimum Gasteiger partial charge on any atom is -0.310 e. The zero-order valence-electron chi connectivity index (χ0n) is 26.4. The Morgan fingerprint density at radius 1 is 0.468 bits per heavy atom. The highest BCUT2D eigenvalue weighted by atomic mass is 32.1. The second kappa shape index (κ2) is 10.8. The molecule has 1 aliphatic rings. The van der Waals surface area contributed by atoms with Gasteiger partial charge in [-0.1, -0.05) is 141 Å². The summed E-state index contributed by atoms with van der Waals surface area (Å²) in [6.45, 7) is 4.70. The first-order valence-electron chi connectivity index (χ1n) is 16.3. The third-order valence-corrected chi connectivity index (χ3v) is 11.1. The SMILES string of the molecule is CC1(C)c2ccccc2-c2c(N(c3ccc(-c4cccc5c4sc4ccccc45)cc3)c3cccc(-c4ccccc4)c3)cccc21. The first-order chi connectivity index (χ1) is 23.1. The van der Waals surface area contributed by atoms with E-state index in [9.17, 15) is 0 Å². The van der Waals surface area contributed by atoms with E-state index in [1.807, 2.05) is 11.3 Å². The topological polar surface area (TPSA) is 3.24 Å². The van der Waals surface area contributed by atoms with Gasteiger partial charge in [0.2, 0.25) is 0 Å². The van der Waals surface area contributed by atoms with Gasteiger partial charge in [0.1, 0.15) is 0 Å². The molecular weight excluding hydrogens is 587 g/mol. The lowest BCUT2D eigenvalue weighted by atomic mass is 9.82. The zero-order chi connectivity index (χ0) is 31.5. The number of benzene rings is 7. The molecule has 0 spiro atoms. The van der Waals surface area contributed by atoms with Crippen molar-refractivity contribution in [2.24, 2.45) is 0 Å². The van der Waals surface area contributed by atoms with Crippen LogP contribution in [0.1, 0.15) is 25.0 Å². The Morgan fingerprint density at radius 3 is 2.00 bits per heavy atom. The van der Waals surface area contributed by atoms with E-state index < -0.39 is 0 Å². The van der Waals surface area contributed by atoms with Gasteiger partial charge in [0.25, 0.3) is 0 Å². The van der Waals surface area contributed by atoms with E-state index >= 15 is 0 Å². The first-order valence-corrected chi connectivity index (χ1v) is 17.1. The van der Waals surface area contributed by atoms with Crippen LogP contribution in [0.25, 0.3) is 53.6 Å². The van der Waals surface area contributed by atoms with Crippen LogP contribution in [0.4, 0.5) is 17.1 Å². The average Bonchev–Trinajstić information content (AvgIpc) is 3.62.